The van der Waals surface area contributed by atoms with Crippen LogP contribution in [0.3, 0.4) is 0 Å². The summed E-state index contributed by atoms with van der Waals surface area (Å²) in [6, 6.07) is 20.2. The summed E-state index contributed by atoms with van der Waals surface area (Å²) in [6.07, 6.45) is 4.10. The van der Waals surface area contributed by atoms with Crippen molar-refractivity contribution in [1.29, 1.82) is 0 Å². The minimum absolute atomic E-state index is 0.379. The highest BCUT2D eigenvalue weighted by molar-refractivity contribution is 5.37. The second-order valence-electron chi connectivity index (χ2n) is 6.22. The third kappa shape index (κ3) is 2.89. The van der Waals surface area contributed by atoms with Crippen molar-refractivity contribution < 1.29 is 0 Å². The van der Waals surface area contributed by atoms with Gasteiger partial charge in [0.2, 0.25) is 0 Å². The molecule has 1 aliphatic rings. The van der Waals surface area contributed by atoms with Gasteiger partial charge in [0.05, 0.1) is 0 Å². The van der Waals surface area contributed by atoms with Gasteiger partial charge in [-0.1, -0.05) is 67.9 Å². The average Bonchev–Trinajstić information content (AvgIpc) is 2.49. The van der Waals surface area contributed by atoms with Crippen LogP contribution in [0.15, 0.2) is 54.6 Å². The lowest BCUT2D eigenvalue weighted by Crippen LogP contribution is -2.25. The predicted octanol–water partition coefficient (Wildman–Crippen LogP) is 5.02. The van der Waals surface area contributed by atoms with Crippen molar-refractivity contribution >= 4 is 0 Å². The van der Waals surface area contributed by atoms with E-state index in [0.29, 0.717) is 12.0 Å². The van der Waals surface area contributed by atoms with Crippen LogP contribution in [0, 0.1) is 0 Å². The standard InChI is InChI=1S/C20H25N/c1-15(16-9-4-3-5-10-16)20(21-2)19-14-7-6-13-18(19)17-11-8-12-17/h3-7,9-10,13-15,17,20-21H,8,11-12H2,1-2H3. The van der Waals surface area contributed by atoms with Gasteiger partial charge in [-0.05, 0) is 42.5 Å². The molecule has 21 heavy (non-hydrogen) atoms. The van der Waals surface area contributed by atoms with Crippen LogP contribution in [0.2, 0.25) is 0 Å². The minimum atomic E-state index is 0.379. The lowest BCUT2D eigenvalue weighted by Gasteiger charge is -2.32. The number of hydrogen-bond acceptors (Lipinski definition) is 1. The first-order valence-corrected chi connectivity index (χ1v) is 8.12. The minimum Gasteiger partial charge on any atom is -0.312 e. The third-order valence-electron chi connectivity index (χ3n) is 5.01. The van der Waals surface area contributed by atoms with Crippen LogP contribution in [-0.2, 0) is 0 Å². The highest BCUT2D eigenvalue weighted by Gasteiger charge is 2.27. The van der Waals surface area contributed by atoms with E-state index in [0.717, 1.165) is 5.92 Å². The molecule has 0 aliphatic heterocycles. The number of nitrogens with one attached hydrogen (secondary N) is 1. The lowest BCUT2D eigenvalue weighted by molar-refractivity contribution is 0.408. The zero-order valence-electron chi connectivity index (χ0n) is 13.0. The van der Waals surface area contributed by atoms with E-state index in [-0.39, 0.29) is 0 Å². The molecule has 0 radical (unpaired) electrons. The molecule has 3 rings (SSSR count). The molecule has 0 bridgehead atoms. The maximum atomic E-state index is 3.56. The molecule has 1 nitrogen and oxygen atoms in total. The molecule has 2 aromatic carbocycles. The molecule has 0 heterocycles. The topological polar surface area (TPSA) is 12.0 Å². The fraction of sp³-hybridized carbons (Fsp3) is 0.400. The molecule has 0 aromatic heterocycles. The van der Waals surface area contributed by atoms with E-state index in [9.17, 15) is 0 Å². The Morgan fingerprint density at radius 2 is 1.62 bits per heavy atom. The first-order valence-electron chi connectivity index (χ1n) is 8.12. The molecular formula is C20H25N. The first-order chi connectivity index (χ1) is 10.3. The number of likely N-dealkylation sites (N-methyl/N-ethyl adjacent to an activating group) is 1. The van der Waals surface area contributed by atoms with E-state index in [2.05, 4.69) is 73.9 Å². The maximum Gasteiger partial charge on any atom is 0.0387 e. The zero-order valence-corrected chi connectivity index (χ0v) is 13.0. The van der Waals surface area contributed by atoms with Gasteiger partial charge in [-0.3, -0.25) is 0 Å². The quantitative estimate of drug-likeness (QED) is 0.810. The summed E-state index contributed by atoms with van der Waals surface area (Å²) in [6.45, 7) is 2.33. The molecule has 0 saturated heterocycles. The Hall–Kier alpha value is -1.60. The Kier molecular flexibility index (Phi) is 4.40. The van der Waals surface area contributed by atoms with Crippen LogP contribution in [0.25, 0.3) is 0 Å². The fourth-order valence-electron chi connectivity index (χ4n) is 3.51. The second kappa shape index (κ2) is 6.44. The third-order valence-corrected chi connectivity index (χ3v) is 5.01. The van der Waals surface area contributed by atoms with Crippen LogP contribution in [0.5, 0.6) is 0 Å². The molecule has 0 amide bonds. The maximum absolute atomic E-state index is 3.56. The smallest absolute Gasteiger partial charge is 0.0387 e. The summed E-state index contributed by atoms with van der Waals surface area (Å²) in [7, 11) is 2.08. The molecule has 1 N–H and O–H groups in total. The van der Waals surface area contributed by atoms with Gasteiger partial charge in [-0.15, -0.1) is 0 Å². The molecule has 1 aliphatic carbocycles. The van der Waals surface area contributed by atoms with Gasteiger partial charge in [0.1, 0.15) is 0 Å². The van der Waals surface area contributed by atoms with Crippen molar-refractivity contribution in [3.05, 3.63) is 71.3 Å². The van der Waals surface area contributed by atoms with Gasteiger partial charge in [-0.25, -0.2) is 0 Å². The van der Waals surface area contributed by atoms with Crippen molar-refractivity contribution in [3.63, 3.8) is 0 Å². The van der Waals surface area contributed by atoms with Gasteiger partial charge in [-0.2, -0.15) is 0 Å². The monoisotopic (exact) mass is 279 g/mol. The number of rotatable bonds is 5. The molecule has 1 heteroatoms. The van der Waals surface area contributed by atoms with Gasteiger partial charge < -0.3 is 5.32 Å². The van der Waals surface area contributed by atoms with Crippen molar-refractivity contribution in [1.82, 2.24) is 5.32 Å². The van der Waals surface area contributed by atoms with E-state index in [1.807, 2.05) is 0 Å². The highest BCUT2D eigenvalue weighted by atomic mass is 14.9. The molecular weight excluding hydrogens is 254 g/mol. The second-order valence-corrected chi connectivity index (χ2v) is 6.22. The summed E-state index contributed by atoms with van der Waals surface area (Å²) in [5.41, 5.74) is 4.45. The Bertz CT molecular complexity index is 571. The first kappa shape index (κ1) is 14.3. The summed E-state index contributed by atoms with van der Waals surface area (Å²) < 4.78 is 0. The molecule has 0 spiro atoms. The largest absolute Gasteiger partial charge is 0.312 e. The molecule has 1 saturated carbocycles. The number of benzene rings is 2. The summed E-state index contributed by atoms with van der Waals surface area (Å²) in [5, 5.41) is 3.56. The SMILES string of the molecule is CNC(c1ccccc1C1CCC1)C(C)c1ccccc1. The molecule has 2 aromatic rings. The summed E-state index contributed by atoms with van der Waals surface area (Å²) in [5.74, 6) is 1.25. The number of hydrogen-bond donors (Lipinski definition) is 1. The van der Waals surface area contributed by atoms with Crippen molar-refractivity contribution in [2.75, 3.05) is 7.05 Å². The van der Waals surface area contributed by atoms with E-state index in [1.54, 1.807) is 5.56 Å². The van der Waals surface area contributed by atoms with Crippen molar-refractivity contribution in [2.45, 2.75) is 44.1 Å². The summed E-state index contributed by atoms with van der Waals surface area (Å²) >= 11 is 0. The van der Waals surface area contributed by atoms with Gasteiger partial charge in [0, 0.05) is 12.0 Å². The Labute approximate surface area is 128 Å². The fourth-order valence-corrected chi connectivity index (χ4v) is 3.51. The normalized spacial score (nSPS) is 18.0. The van der Waals surface area contributed by atoms with Crippen LogP contribution < -0.4 is 5.32 Å². The van der Waals surface area contributed by atoms with E-state index in [1.165, 1.54) is 30.4 Å². The predicted molar refractivity (Wildman–Crippen MR) is 89.7 cm³/mol. The Morgan fingerprint density at radius 3 is 2.24 bits per heavy atom. The van der Waals surface area contributed by atoms with Crippen LogP contribution in [0.4, 0.5) is 0 Å². The molecule has 2 unspecified atom stereocenters. The lowest BCUT2D eigenvalue weighted by atomic mass is 9.75. The van der Waals surface area contributed by atoms with E-state index >= 15 is 0 Å². The van der Waals surface area contributed by atoms with Gasteiger partial charge in [0.15, 0.2) is 0 Å². The summed E-state index contributed by atoms with van der Waals surface area (Å²) in [4.78, 5) is 0. The van der Waals surface area contributed by atoms with Crippen molar-refractivity contribution in [3.8, 4) is 0 Å². The molecule has 1 fully saturated rings. The van der Waals surface area contributed by atoms with Crippen LogP contribution in [-0.4, -0.2) is 7.05 Å². The van der Waals surface area contributed by atoms with Gasteiger partial charge >= 0.3 is 0 Å². The zero-order chi connectivity index (χ0) is 14.7. The van der Waals surface area contributed by atoms with Crippen LogP contribution in [0.1, 0.15) is 60.8 Å². The Balaban J connectivity index is 1.93. The van der Waals surface area contributed by atoms with Crippen LogP contribution >= 0.6 is 0 Å². The highest BCUT2D eigenvalue weighted by Crippen LogP contribution is 2.41. The Morgan fingerprint density at radius 1 is 0.952 bits per heavy atom. The van der Waals surface area contributed by atoms with Gasteiger partial charge in [0.25, 0.3) is 0 Å². The average molecular weight is 279 g/mol. The molecule has 110 valence electrons. The molecule has 2 atom stereocenters. The van der Waals surface area contributed by atoms with Crippen molar-refractivity contribution in [2.24, 2.45) is 0 Å². The van der Waals surface area contributed by atoms with E-state index < -0.39 is 0 Å². The van der Waals surface area contributed by atoms with E-state index in [4.69, 9.17) is 0 Å².